The molecule has 0 saturated carbocycles. The lowest BCUT2D eigenvalue weighted by Crippen LogP contribution is -2.52. The average molecular weight is 378 g/mol. The van der Waals surface area contributed by atoms with Crippen LogP contribution >= 0.6 is 0 Å². The lowest BCUT2D eigenvalue weighted by molar-refractivity contribution is -0.133. The Morgan fingerprint density at radius 3 is 2.89 bits per heavy atom. The summed E-state index contributed by atoms with van der Waals surface area (Å²) >= 11 is 0. The van der Waals surface area contributed by atoms with E-state index in [9.17, 15) is 14.7 Å². The monoisotopic (exact) mass is 378 g/mol. The molecule has 3 atom stereocenters. The third kappa shape index (κ3) is 2.65. The van der Waals surface area contributed by atoms with Crippen LogP contribution < -0.4 is 5.56 Å². The van der Waals surface area contributed by atoms with E-state index in [2.05, 4.69) is 10.2 Å². The number of fused-ring (bicyclic) bond motifs is 5. The number of carbonyl (C=O) groups is 1. The van der Waals surface area contributed by atoms with Crippen molar-refractivity contribution in [1.29, 1.82) is 0 Å². The molecule has 4 heterocycles. The molecular formula is C21H22N4O3. The second-order valence-corrected chi connectivity index (χ2v) is 7.80. The van der Waals surface area contributed by atoms with E-state index in [1.165, 1.54) is 0 Å². The van der Waals surface area contributed by atoms with Crippen LogP contribution in [0.4, 0.5) is 0 Å². The molecule has 2 bridgehead atoms. The van der Waals surface area contributed by atoms with Gasteiger partial charge in [-0.25, -0.2) is 0 Å². The summed E-state index contributed by atoms with van der Waals surface area (Å²) in [4.78, 5) is 27.3. The number of aromatic amines is 1. The molecule has 0 spiro atoms. The van der Waals surface area contributed by atoms with Gasteiger partial charge in [0, 0.05) is 42.1 Å². The summed E-state index contributed by atoms with van der Waals surface area (Å²) in [6, 6.07) is 12.7. The lowest BCUT2D eigenvalue weighted by Gasteiger charge is -2.46. The number of likely N-dealkylation sites (tertiary alicyclic amines) is 1. The van der Waals surface area contributed by atoms with Crippen molar-refractivity contribution in [1.82, 2.24) is 19.7 Å². The molecule has 0 radical (unpaired) electrons. The minimum atomic E-state index is -0.275. The Morgan fingerprint density at radius 2 is 2.04 bits per heavy atom. The molecule has 5 rings (SSSR count). The molecule has 144 valence electrons. The van der Waals surface area contributed by atoms with Crippen LogP contribution in [-0.4, -0.2) is 50.4 Å². The van der Waals surface area contributed by atoms with Crippen molar-refractivity contribution < 1.29 is 9.90 Å². The zero-order valence-corrected chi connectivity index (χ0v) is 15.4. The Morgan fingerprint density at radius 1 is 1.18 bits per heavy atom. The standard InChI is InChI=1S/C21H22N4O3/c26-12-19-14-8-13(18-6-3-7-20(27)25(18)19)10-24(11-14)21(28)9-17-15-4-1-2-5-16(15)22-23-17/h1-7,13-14,19,26H,8-12H2,(H,22,23)/t13-,14+,19+/m1/s1. The van der Waals surface area contributed by atoms with Crippen LogP contribution in [-0.2, 0) is 11.2 Å². The van der Waals surface area contributed by atoms with E-state index in [1.54, 1.807) is 16.7 Å². The second-order valence-electron chi connectivity index (χ2n) is 7.80. The molecule has 0 unspecified atom stereocenters. The number of amides is 1. The fraction of sp³-hybridized carbons (Fsp3) is 0.381. The van der Waals surface area contributed by atoms with E-state index in [0.29, 0.717) is 13.1 Å². The van der Waals surface area contributed by atoms with Gasteiger partial charge in [0.25, 0.3) is 5.56 Å². The van der Waals surface area contributed by atoms with Crippen LogP contribution in [0.2, 0.25) is 0 Å². The SMILES string of the molecule is O=C(Cc1[nH]nc2ccccc12)N1C[C@H]2C[C@@H](C1)[C@H](CO)n1c2cccc1=O. The number of aliphatic hydroxyl groups excluding tert-OH is 1. The van der Waals surface area contributed by atoms with Gasteiger partial charge >= 0.3 is 0 Å². The van der Waals surface area contributed by atoms with Crippen molar-refractivity contribution in [3.8, 4) is 0 Å². The van der Waals surface area contributed by atoms with Gasteiger partial charge in [0.15, 0.2) is 0 Å². The maximum Gasteiger partial charge on any atom is 0.251 e. The first-order valence-electron chi connectivity index (χ1n) is 9.67. The largest absolute Gasteiger partial charge is 0.394 e. The van der Waals surface area contributed by atoms with E-state index < -0.39 is 0 Å². The Labute approximate surface area is 161 Å². The van der Waals surface area contributed by atoms with Gasteiger partial charge in [-0.2, -0.15) is 5.10 Å². The van der Waals surface area contributed by atoms with Crippen molar-refractivity contribution in [2.24, 2.45) is 5.92 Å². The minimum absolute atomic E-state index is 0.0486. The predicted octanol–water partition coefficient (Wildman–Crippen LogP) is 1.45. The average Bonchev–Trinajstić information content (AvgIpc) is 3.12. The lowest BCUT2D eigenvalue weighted by atomic mass is 9.78. The number of H-pyrrole nitrogens is 1. The number of rotatable bonds is 3. The molecule has 7 heteroatoms. The summed E-state index contributed by atoms with van der Waals surface area (Å²) in [7, 11) is 0. The van der Waals surface area contributed by atoms with Gasteiger partial charge in [-0.1, -0.05) is 24.3 Å². The van der Waals surface area contributed by atoms with Gasteiger partial charge in [0.2, 0.25) is 5.91 Å². The maximum atomic E-state index is 13.1. The fourth-order valence-corrected chi connectivity index (χ4v) is 4.89. The van der Waals surface area contributed by atoms with E-state index >= 15 is 0 Å². The molecule has 28 heavy (non-hydrogen) atoms. The highest BCUT2D eigenvalue weighted by molar-refractivity contribution is 5.87. The predicted molar refractivity (Wildman–Crippen MR) is 104 cm³/mol. The van der Waals surface area contributed by atoms with Crippen LogP contribution in [0.25, 0.3) is 10.9 Å². The second kappa shape index (κ2) is 6.60. The van der Waals surface area contributed by atoms with Gasteiger partial charge in [-0.05, 0) is 18.6 Å². The number of aromatic nitrogens is 3. The molecule has 0 aliphatic carbocycles. The quantitative estimate of drug-likeness (QED) is 0.722. The highest BCUT2D eigenvalue weighted by Gasteiger charge is 2.41. The summed E-state index contributed by atoms with van der Waals surface area (Å²) in [6.07, 6.45) is 1.16. The van der Waals surface area contributed by atoms with Crippen molar-refractivity contribution in [2.75, 3.05) is 19.7 Å². The molecule has 2 aliphatic rings. The van der Waals surface area contributed by atoms with Crippen LogP contribution in [0.15, 0.2) is 47.3 Å². The first kappa shape index (κ1) is 17.2. The summed E-state index contributed by atoms with van der Waals surface area (Å²) in [5.41, 5.74) is 2.53. The smallest absolute Gasteiger partial charge is 0.251 e. The number of aliphatic hydroxyl groups is 1. The molecule has 3 aromatic rings. The van der Waals surface area contributed by atoms with Crippen molar-refractivity contribution in [3.63, 3.8) is 0 Å². The number of hydrogen-bond acceptors (Lipinski definition) is 4. The van der Waals surface area contributed by atoms with E-state index in [0.717, 1.165) is 28.7 Å². The Balaban J connectivity index is 1.43. The number of piperidine rings is 1. The van der Waals surface area contributed by atoms with Gasteiger partial charge < -0.3 is 14.6 Å². The van der Waals surface area contributed by atoms with Gasteiger partial charge in [-0.15, -0.1) is 0 Å². The summed E-state index contributed by atoms with van der Waals surface area (Å²) < 4.78 is 1.74. The number of benzene rings is 1. The molecule has 1 saturated heterocycles. The van der Waals surface area contributed by atoms with Crippen molar-refractivity contribution >= 4 is 16.8 Å². The molecule has 2 aliphatic heterocycles. The van der Waals surface area contributed by atoms with Crippen LogP contribution in [0.5, 0.6) is 0 Å². The first-order valence-corrected chi connectivity index (χ1v) is 9.67. The third-order valence-electron chi connectivity index (χ3n) is 6.21. The molecule has 2 N–H and O–H groups in total. The van der Waals surface area contributed by atoms with Crippen LogP contribution in [0.3, 0.4) is 0 Å². The van der Waals surface area contributed by atoms with Gasteiger partial charge in [0.1, 0.15) is 0 Å². The zero-order chi connectivity index (χ0) is 19.3. The van der Waals surface area contributed by atoms with E-state index in [4.69, 9.17) is 0 Å². The first-order chi connectivity index (χ1) is 13.7. The Bertz CT molecular complexity index is 1100. The molecule has 2 aromatic heterocycles. The van der Waals surface area contributed by atoms with E-state index in [1.807, 2.05) is 35.2 Å². The highest BCUT2D eigenvalue weighted by Crippen LogP contribution is 2.40. The number of nitrogens with zero attached hydrogens (tertiary/aromatic N) is 3. The van der Waals surface area contributed by atoms with E-state index in [-0.39, 0.29) is 42.4 Å². The van der Waals surface area contributed by atoms with Crippen molar-refractivity contribution in [3.05, 3.63) is 64.2 Å². The van der Waals surface area contributed by atoms with Gasteiger partial charge in [0.05, 0.1) is 30.3 Å². The fourth-order valence-electron chi connectivity index (χ4n) is 4.89. The van der Waals surface area contributed by atoms with Crippen molar-refractivity contribution in [2.45, 2.75) is 24.8 Å². The number of hydrogen-bond donors (Lipinski definition) is 2. The number of carbonyl (C=O) groups excluding carboxylic acids is 1. The highest BCUT2D eigenvalue weighted by atomic mass is 16.3. The molecule has 1 aromatic carbocycles. The Hall–Kier alpha value is -2.93. The zero-order valence-electron chi connectivity index (χ0n) is 15.4. The molecule has 1 amide bonds. The number of nitrogens with one attached hydrogen (secondary N) is 1. The summed E-state index contributed by atoms with van der Waals surface area (Å²) in [5, 5.41) is 18.2. The normalized spacial score (nSPS) is 23.6. The molecular weight excluding hydrogens is 356 g/mol. The summed E-state index contributed by atoms with van der Waals surface area (Å²) in [6.45, 7) is 1.07. The third-order valence-corrected chi connectivity index (χ3v) is 6.21. The summed E-state index contributed by atoms with van der Waals surface area (Å²) in [5.74, 6) is 0.254. The molecule has 1 fully saturated rings. The molecule has 7 nitrogen and oxygen atoms in total. The number of para-hydroxylation sites is 1. The topological polar surface area (TPSA) is 91.2 Å². The number of pyridine rings is 1. The van der Waals surface area contributed by atoms with Crippen LogP contribution in [0, 0.1) is 5.92 Å². The minimum Gasteiger partial charge on any atom is -0.394 e. The maximum absolute atomic E-state index is 13.1. The van der Waals surface area contributed by atoms with Gasteiger partial charge in [-0.3, -0.25) is 14.7 Å². The van der Waals surface area contributed by atoms with Crippen LogP contribution in [0.1, 0.15) is 29.8 Å². The Kier molecular flexibility index (Phi) is 4.05.